The van der Waals surface area contributed by atoms with Gasteiger partial charge in [0.05, 0.1) is 6.42 Å². The van der Waals surface area contributed by atoms with E-state index in [-0.39, 0.29) is 17.6 Å². The molecule has 2 aromatic rings. The van der Waals surface area contributed by atoms with Crippen molar-refractivity contribution in [3.8, 4) is 0 Å². The molecule has 4 heteroatoms. The van der Waals surface area contributed by atoms with Gasteiger partial charge in [-0.3, -0.25) is 9.79 Å². The van der Waals surface area contributed by atoms with E-state index in [2.05, 4.69) is 58.4 Å². The summed E-state index contributed by atoms with van der Waals surface area (Å²) in [6, 6.07) is 15.0. The topological polar surface area (TPSA) is 55.4 Å². The normalized spacial score (nSPS) is 25.9. The van der Waals surface area contributed by atoms with Gasteiger partial charge >= 0.3 is 0 Å². The third kappa shape index (κ3) is 2.05. The summed E-state index contributed by atoms with van der Waals surface area (Å²) in [6.07, 6.45) is 5.12. The lowest BCUT2D eigenvalue weighted by atomic mass is 9.64. The molecule has 3 nitrogen and oxygen atoms in total. The van der Waals surface area contributed by atoms with Crippen molar-refractivity contribution < 1.29 is 4.79 Å². The number of nitrogens with two attached hydrogens (primary N) is 1. The number of ketones is 1. The van der Waals surface area contributed by atoms with E-state index in [1.54, 1.807) is 0 Å². The Labute approximate surface area is 161 Å². The number of Topliss-reactive ketones (excluding diaryl/α,β-unsaturated/α-hetero) is 1. The molecule has 2 aliphatic carbocycles. The molecule has 0 bridgehead atoms. The standard InChI is InChI=1S/C22H21BrN2O/c23-17-6-5-16-13-21(9-7-14-3-1-2-4-15(14)8-10-21)22(18(16)11-17)19(26)12-20(24)25-22/h1-6,11H,7-10,12-13H2,(H2,24,25). The van der Waals surface area contributed by atoms with E-state index in [1.807, 2.05) is 0 Å². The monoisotopic (exact) mass is 408 g/mol. The molecule has 26 heavy (non-hydrogen) atoms. The summed E-state index contributed by atoms with van der Waals surface area (Å²) in [5.41, 5.74) is 10.3. The lowest BCUT2D eigenvalue weighted by molar-refractivity contribution is -0.127. The van der Waals surface area contributed by atoms with Crippen molar-refractivity contribution in [1.29, 1.82) is 0 Å². The summed E-state index contributed by atoms with van der Waals surface area (Å²) in [5.74, 6) is 0.668. The first-order chi connectivity index (χ1) is 12.5. The summed E-state index contributed by atoms with van der Waals surface area (Å²) >= 11 is 3.59. The van der Waals surface area contributed by atoms with Gasteiger partial charge in [0.1, 0.15) is 5.84 Å². The molecule has 0 fully saturated rings. The fourth-order valence-corrected chi connectivity index (χ4v) is 5.87. The Morgan fingerprint density at radius 3 is 2.31 bits per heavy atom. The second kappa shape index (κ2) is 5.53. The van der Waals surface area contributed by atoms with Gasteiger partial charge in [0.15, 0.2) is 11.3 Å². The fourth-order valence-electron chi connectivity index (χ4n) is 5.51. The van der Waals surface area contributed by atoms with Crippen molar-refractivity contribution in [2.24, 2.45) is 16.1 Å². The number of aryl methyl sites for hydroxylation is 2. The fraction of sp³-hybridized carbons (Fsp3) is 0.364. The number of halogens is 1. The molecule has 132 valence electrons. The number of carbonyl (C=O) groups is 1. The molecule has 3 aliphatic rings. The second-order valence-corrected chi connectivity index (χ2v) is 8.86. The maximum absolute atomic E-state index is 13.3. The van der Waals surface area contributed by atoms with Crippen LogP contribution in [0.3, 0.4) is 0 Å². The Bertz CT molecular complexity index is 937. The molecule has 0 amide bonds. The zero-order chi connectivity index (χ0) is 17.9. The summed E-state index contributed by atoms with van der Waals surface area (Å²) in [5, 5.41) is 0. The van der Waals surface area contributed by atoms with Crippen LogP contribution in [0.1, 0.15) is 41.5 Å². The third-order valence-corrected chi connectivity index (χ3v) is 7.17. The summed E-state index contributed by atoms with van der Waals surface area (Å²) < 4.78 is 0.998. The van der Waals surface area contributed by atoms with Crippen molar-refractivity contribution in [2.75, 3.05) is 0 Å². The van der Waals surface area contributed by atoms with Crippen LogP contribution in [-0.4, -0.2) is 11.6 Å². The first-order valence-corrected chi connectivity index (χ1v) is 10.1. The van der Waals surface area contributed by atoms with E-state index in [1.165, 1.54) is 16.7 Å². The number of amidine groups is 1. The van der Waals surface area contributed by atoms with Gasteiger partial charge in [-0.1, -0.05) is 46.3 Å². The molecule has 1 aliphatic heterocycles. The van der Waals surface area contributed by atoms with Crippen LogP contribution in [0.2, 0.25) is 0 Å². The van der Waals surface area contributed by atoms with Crippen LogP contribution in [-0.2, 0) is 29.6 Å². The van der Waals surface area contributed by atoms with Gasteiger partial charge in [0, 0.05) is 9.89 Å². The van der Waals surface area contributed by atoms with Crippen LogP contribution in [0.4, 0.5) is 0 Å². The Morgan fingerprint density at radius 2 is 1.69 bits per heavy atom. The SMILES string of the molecule is NC1=NC2(C(=O)C1)c1cc(Br)ccc1CC21CCc2ccccc2CC1. The van der Waals surface area contributed by atoms with Crippen LogP contribution in [0.5, 0.6) is 0 Å². The molecule has 1 heterocycles. The van der Waals surface area contributed by atoms with Gasteiger partial charge in [-0.15, -0.1) is 0 Å². The van der Waals surface area contributed by atoms with Crippen LogP contribution >= 0.6 is 15.9 Å². The highest BCUT2D eigenvalue weighted by molar-refractivity contribution is 9.10. The number of aliphatic imine (C=N–C) groups is 1. The van der Waals surface area contributed by atoms with E-state index in [9.17, 15) is 4.79 Å². The Kier molecular flexibility index (Phi) is 3.45. The van der Waals surface area contributed by atoms with E-state index >= 15 is 0 Å². The average molecular weight is 409 g/mol. The van der Waals surface area contributed by atoms with E-state index < -0.39 is 5.54 Å². The molecule has 2 aromatic carbocycles. The van der Waals surface area contributed by atoms with Crippen molar-refractivity contribution >= 4 is 27.5 Å². The zero-order valence-electron chi connectivity index (χ0n) is 14.6. The molecule has 2 spiro atoms. The van der Waals surface area contributed by atoms with Crippen molar-refractivity contribution in [1.82, 2.24) is 0 Å². The molecule has 0 saturated heterocycles. The molecule has 1 unspecified atom stereocenters. The van der Waals surface area contributed by atoms with Crippen molar-refractivity contribution in [2.45, 2.75) is 44.1 Å². The molecular weight excluding hydrogens is 388 g/mol. The summed E-state index contributed by atoms with van der Waals surface area (Å²) in [7, 11) is 0. The van der Waals surface area contributed by atoms with Gasteiger partial charge in [0.2, 0.25) is 0 Å². The second-order valence-electron chi connectivity index (χ2n) is 7.94. The van der Waals surface area contributed by atoms with Crippen LogP contribution < -0.4 is 5.73 Å². The molecule has 1 atom stereocenters. The molecular formula is C22H21BrN2O. The molecule has 2 N–H and O–H groups in total. The lowest BCUT2D eigenvalue weighted by Gasteiger charge is -2.40. The van der Waals surface area contributed by atoms with Gasteiger partial charge in [-0.2, -0.15) is 0 Å². The molecule has 5 rings (SSSR count). The van der Waals surface area contributed by atoms with E-state index in [4.69, 9.17) is 10.7 Å². The highest BCUT2D eigenvalue weighted by Gasteiger charge is 2.63. The summed E-state index contributed by atoms with van der Waals surface area (Å²) in [4.78, 5) is 18.2. The summed E-state index contributed by atoms with van der Waals surface area (Å²) in [6.45, 7) is 0. The van der Waals surface area contributed by atoms with Gasteiger partial charge in [0.25, 0.3) is 0 Å². The minimum absolute atomic E-state index is 0.173. The predicted molar refractivity (Wildman–Crippen MR) is 106 cm³/mol. The molecule has 0 radical (unpaired) electrons. The highest BCUT2D eigenvalue weighted by Crippen LogP contribution is 2.61. The third-order valence-electron chi connectivity index (χ3n) is 6.68. The minimum atomic E-state index is -0.793. The largest absolute Gasteiger partial charge is 0.387 e. The zero-order valence-corrected chi connectivity index (χ0v) is 16.2. The quantitative estimate of drug-likeness (QED) is 0.713. The first kappa shape index (κ1) is 16.2. The van der Waals surface area contributed by atoms with Gasteiger partial charge < -0.3 is 5.73 Å². The number of nitrogens with zero attached hydrogens (tertiary/aromatic N) is 1. The van der Waals surface area contributed by atoms with E-state index in [0.29, 0.717) is 5.84 Å². The first-order valence-electron chi connectivity index (χ1n) is 9.27. The molecule has 0 saturated carbocycles. The number of hydrogen-bond acceptors (Lipinski definition) is 3. The predicted octanol–water partition coefficient (Wildman–Crippen LogP) is 4.10. The number of rotatable bonds is 0. The molecule has 0 aromatic heterocycles. The van der Waals surface area contributed by atoms with E-state index in [0.717, 1.165) is 42.1 Å². The van der Waals surface area contributed by atoms with Crippen LogP contribution in [0.25, 0.3) is 0 Å². The maximum atomic E-state index is 13.3. The Hall–Kier alpha value is -1.94. The smallest absolute Gasteiger partial charge is 0.173 e. The Morgan fingerprint density at radius 1 is 1.00 bits per heavy atom. The maximum Gasteiger partial charge on any atom is 0.173 e. The number of fused-ring (bicyclic) bond motifs is 4. The van der Waals surface area contributed by atoms with Gasteiger partial charge in [-0.05, 0) is 66.5 Å². The van der Waals surface area contributed by atoms with Crippen LogP contribution in [0, 0.1) is 5.41 Å². The number of hydrogen-bond donors (Lipinski definition) is 1. The van der Waals surface area contributed by atoms with Gasteiger partial charge in [-0.25, -0.2) is 0 Å². The number of benzene rings is 2. The Balaban J connectivity index is 1.69. The lowest BCUT2D eigenvalue weighted by Crippen LogP contribution is -2.45. The van der Waals surface area contributed by atoms with Crippen molar-refractivity contribution in [3.63, 3.8) is 0 Å². The highest BCUT2D eigenvalue weighted by atomic mass is 79.9. The number of carbonyl (C=O) groups excluding carboxylic acids is 1. The average Bonchev–Trinajstić information content (AvgIpc) is 2.98. The van der Waals surface area contributed by atoms with Crippen LogP contribution in [0.15, 0.2) is 51.9 Å². The van der Waals surface area contributed by atoms with Crippen molar-refractivity contribution in [3.05, 3.63) is 69.2 Å². The minimum Gasteiger partial charge on any atom is -0.387 e.